The van der Waals surface area contributed by atoms with Crippen molar-refractivity contribution in [1.29, 1.82) is 0 Å². The first-order valence-electron chi connectivity index (χ1n) is 21.9. The monoisotopic (exact) mass is 706 g/mol. The molecule has 1 aliphatic rings. The fourth-order valence-corrected chi connectivity index (χ4v) is 6.67. The lowest BCUT2D eigenvalue weighted by Crippen LogP contribution is -2.30. The van der Waals surface area contributed by atoms with Crippen LogP contribution in [-0.2, 0) is 0 Å². The van der Waals surface area contributed by atoms with E-state index in [-0.39, 0.29) is 19.8 Å². The normalized spacial score (nSPS) is 13.2. The number of hydrogen-bond donors (Lipinski definition) is 3. The van der Waals surface area contributed by atoms with Crippen LogP contribution in [0.5, 0.6) is 0 Å². The molecule has 1 heterocycles. The van der Waals surface area contributed by atoms with Crippen LogP contribution in [0, 0.1) is 0 Å². The minimum Gasteiger partial charge on any atom is -0.395 e. The summed E-state index contributed by atoms with van der Waals surface area (Å²) in [6.45, 7) is 10.1. The molecule has 0 fully saturated rings. The van der Waals surface area contributed by atoms with E-state index >= 15 is 0 Å². The van der Waals surface area contributed by atoms with E-state index < -0.39 is 0 Å². The summed E-state index contributed by atoms with van der Waals surface area (Å²) in [5, 5.41) is 27.0. The van der Waals surface area contributed by atoms with E-state index in [2.05, 4.69) is 52.9 Å². The summed E-state index contributed by atoms with van der Waals surface area (Å²) in [6.07, 6.45) is 47.3. The van der Waals surface area contributed by atoms with Crippen molar-refractivity contribution in [1.82, 2.24) is 9.80 Å². The summed E-state index contributed by atoms with van der Waals surface area (Å²) in [4.78, 5) is 8.80. The SMILES string of the molecule is CCCCCCCC/C=C\CCCCCCCCN(CCO)CCO.CCCCCCCCCCCCCCCC=CC1=NCCN1CCO. The Labute approximate surface area is 312 Å². The van der Waals surface area contributed by atoms with Crippen molar-refractivity contribution >= 4 is 5.84 Å². The number of unbranched alkanes of at least 4 members (excludes halogenated alkanes) is 25. The van der Waals surface area contributed by atoms with Crippen molar-refractivity contribution in [2.75, 3.05) is 59.1 Å². The third kappa shape index (κ3) is 35.2. The molecule has 0 amide bonds. The molecule has 1 rings (SSSR count). The van der Waals surface area contributed by atoms with Crippen LogP contribution < -0.4 is 0 Å². The van der Waals surface area contributed by atoms with Crippen LogP contribution in [0.25, 0.3) is 0 Å². The predicted molar refractivity (Wildman–Crippen MR) is 220 cm³/mol. The predicted octanol–water partition coefficient (Wildman–Crippen LogP) is 11.0. The zero-order chi connectivity index (χ0) is 36.4. The van der Waals surface area contributed by atoms with Crippen molar-refractivity contribution < 1.29 is 15.3 Å². The van der Waals surface area contributed by atoms with Gasteiger partial charge in [-0.15, -0.1) is 0 Å². The number of hydrogen-bond acceptors (Lipinski definition) is 6. The highest BCUT2D eigenvalue weighted by Crippen LogP contribution is 2.14. The first kappa shape index (κ1) is 48.8. The molecular formula is C44H87N3O3. The van der Waals surface area contributed by atoms with Crippen molar-refractivity contribution in [3.05, 3.63) is 24.3 Å². The Kier molecular flexibility index (Phi) is 41.2. The van der Waals surface area contributed by atoms with Gasteiger partial charge in [-0.25, -0.2) is 0 Å². The summed E-state index contributed by atoms with van der Waals surface area (Å²) in [5.41, 5.74) is 0. The molecule has 0 radical (unpaired) electrons. The lowest BCUT2D eigenvalue weighted by molar-refractivity contribution is 0.159. The fourth-order valence-electron chi connectivity index (χ4n) is 6.67. The van der Waals surface area contributed by atoms with Gasteiger partial charge in [0.05, 0.1) is 26.4 Å². The Morgan fingerprint density at radius 3 is 1.32 bits per heavy atom. The number of amidine groups is 1. The Morgan fingerprint density at radius 1 is 0.500 bits per heavy atom. The van der Waals surface area contributed by atoms with Gasteiger partial charge < -0.3 is 20.2 Å². The van der Waals surface area contributed by atoms with Crippen LogP contribution in [0.2, 0.25) is 0 Å². The highest BCUT2D eigenvalue weighted by Gasteiger charge is 2.12. The second-order valence-electron chi connectivity index (χ2n) is 14.6. The Bertz CT molecular complexity index is 736. The summed E-state index contributed by atoms with van der Waals surface area (Å²) < 4.78 is 0. The third-order valence-corrected chi connectivity index (χ3v) is 9.90. The number of β-amino-alcohol motifs (C(OH)–C–C–N with tert-alkyl or cyclic N) is 1. The van der Waals surface area contributed by atoms with Gasteiger partial charge in [-0.3, -0.25) is 9.89 Å². The second-order valence-corrected chi connectivity index (χ2v) is 14.6. The maximum Gasteiger partial charge on any atom is 0.123 e. The Balaban J connectivity index is 0.000000960. The number of aliphatic hydroxyl groups excluding tert-OH is 3. The number of aliphatic imine (C=N–C) groups is 1. The van der Waals surface area contributed by atoms with Gasteiger partial charge in [-0.2, -0.15) is 0 Å². The molecular weight excluding hydrogens is 619 g/mol. The molecule has 0 aromatic heterocycles. The van der Waals surface area contributed by atoms with Crippen molar-refractivity contribution in [2.24, 2.45) is 4.99 Å². The summed E-state index contributed by atoms with van der Waals surface area (Å²) in [6, 6.07) is 0. The Morgan fingerprint density at radius 2 is 0.900 bits per heavy atom. The highest BCUT2D eigenvalue weighted by atomic mass is 16.3. The molecule has 0 saturated heterocycles. The summed E-state index contributed by atoms with van der Waals surface area (Å²) in [7, 11) is 0. The van der Waals surface area contributed by atoms with E-state index in [1.807, 2.05) is 0 Å². The van der Waals surface area contributed by atoms with Gasteiger partial charge in [-0.1, -0.05) is 167 Å². The average Bonchev–Trinajstić information content (AvgIpc) is 3.57. The largest absolute Gasteiger partial charge is 0.395 e. The molecule has 3 N–H and O–H groups in total. The van der Waals surface area contributed by atoms with Gasteiger partial charge in [0.2, 0.25) is 0 Å². The quantitative estimate of drug-likeness (QED) is 0.0443. The minimum absolute atomic E-state index is 0.187. The molecule has 0 aromatic rings. The lowest BCUT2D eigenvalue weighted by Gasteiger charge is -2.19. The van der Waals surface area contributed by atoms with E-state index in [1.165, 1.54) is 173 Å². The van der Waals surface area contributed by atoms with Gasteiger partial charge >= 0.3 is 0 Å². The molecule has 0 saturated carbocycles. The average molecular weight is 706 g/mol. The van der Waals surface area contributed by atoms with Crippen molar-refractivity contribution in [3.8, 4) is 0 Å². The number of aliphatic hydroxyl groups is 3. The van der Waals surface area contributed by atoms with Crippen LogP contribution in [0.1, 0.15) is 194 Å². The van der Waals surface area contributed by atoms with E-state index in [0.717, 1.165) is 31.9 Å². The zero-order valence-corrected chi connectivity index (χ0v) is 33.7. The molecule has 6 nitrogen and oxygen atoms in total. The number of allylic oxidation sites excluding steroid dienone is 3. The van der Waals surface area contributed by atoms with Gasteiger partial charge in [0.15, 0.2) is 0 Å². The number of nitrogens with zero attached hydrogens (tertiary/aromatic N) is 3. The third-order valence-electron chi connectivity index (χ3n) is 9.90. The molecule has 0 spiro atoms. The maximum absolute atomic E-state index is 9.03. The van der Waals surface area contributed by atoms with Crippen molar-refractivity contribution in [3.63, 3.8) is 0 Å². The van der Waals surface area contributed by atoms with Crippen LogP contribution in [0.15, 0.2) is 29.3 Å². The van der Waals surface area contributed by atoms with Crippen LogP contribution in [0.3, 0.4) is 0 Å². The highest BCUT2D eigenvalue weighted by molar-refractivity contribution is 5.94. The fraction of sp³-hybridized carbons (Fsp3) is 0.886. The molecule has 0 aliphatic carbocycles. The van der Waals surface area contributed by atoms with Gasteiger partial charge in [-0.05, 0) is 57.6 Å². The summed E-state index contributed by atoms with van der Waals surface area (Å²) in [5.74, 6) is 1.06. The molecule has 296 valence electrons. The number of rotatable bonds is 37. The van der Waals surface area contributed by atoms with E-state index in [9.17, 15) is 0 Å². The first-order chi connectivity index (χ1) is 24.7. The van der Waals surface area contributed by atoms with E-state index in [4.69, 9.17) is 15.3 Å². The zero-order valence-electron chi connectivity index (χ0n) is 33.7. The molecule has 6 heteroatoms. The van der Waals surface area contributed by atoms with Gasteiger partial charge in [0, 0.05) is 26.2 Å². The molecule has 0 aromatic carbocycles. The topological polar surface area (TPSA) is 79.5 Å². The molecule has 0 unspecified atom stereocenters. The minimum atomic E-state index is 0.187. The molecule has 0 bridgehead atoms. The molecule has 1 aliphatic heterocycles. The van der Waals surface area contributed by atoms with E-state index in [1.54, 1.807) is 0 Å². The first-order valence-corrected chi connectivity index (χ1v) is 21.9. The summed E-state index contributed by atoms with van der Waals surface area (Å²) >= 11 is 0. The van der Waals surface area contributed by atoms with Gasteiger partial charge in [0.1, 0.15) is 5.84 Å². The van der Waals surface area contributed by atoms with Crippen LogP contribution in [-0.4, -0.2) is 90.0 Å². The molecule has 50 heavy (non-hydrogen) atoms. The van der Waals surface area contributed by atoms with E-state index in [0.29, 0.717) is 19.6 Å². The smallest absolute Gasteiger partial charge is 0.123 e. The van der Waals surface area contributed by atoms with Gasteiger partial charge in [0.25, 0.3) is 0 Å². The lowest BCUT2D eigenvalue weighted by atomic mass is 10.0. The van der Waals surface area contributed by atoms with Crippen LogP contribution in [0.4, 0.5) is 0 Å². The molecule has 0 atom stereocenters. The van der Waals surface area contributed by atoms with Crippen molar-refractivity contribution in [2.45, 2.75) is 194 Å². The van der Waals surface area contributed by atoms with Crippen LogP contribution >= 0.6 is 0 Å². The maximum atomic E-state index is 9.03. The second kappa shape index (κ2) is 42.2. The Hall–Kier alpha value is -1.21. The standard InChI is InChI=1S/C22H42N2O.C22H45NO2/c1-2-3-4-5-6-7-8-9-10-11-12-13-14-15-16-17-22-23-18-19-24(22)20-21-25;1-2-3-4-5-6-7-8-9-10-11-12-13-14-15-16-17-18-23(19-21-24)20-22-25/h16-17,25H,2-15,18-21H2,1H3;9-10,24-25H,2-8,11-22H2,1H3/b;10-9-.